The minimum absolute atomic E-state index is 0.134. The van der Waals surface area contributed by atoms with E-state index in [0.717, 1.165) is 50.3 Å². The van der Waals surface area contributed by atoms with Gasteiger partial charge in [-0.25, -0.2) is 0 Å². The highest BCUT2D eigenvalue weighted by Crippen LogP contribution is 2.39. The van der Waals surface area contributed by atoms with Crippen molar-refractivity contribution in [2.24, 2.45) is 5.41 Å². The minimum atomic E-state index is 0.134. The van der Waals surface area contributed by atoms with Crippen molar-refractivity contribution in [3.05, 3.63) is 17.5 Å². The third-order valence-electron chi connectivity index (χ3n) is 4.84. The summed E-state index contributed by atoms with van der Waals surface area (Å²) in [6, 6.07) is 0. The molecule has 5 heteroatoms. The number of carbonyl (C=O) groups is 1. The number of aryl methyl sites for hydroxylation is 1. The molecule has 1 spiro atoms. The Bertz CT molecular complexity index is 452. The van der Waals surface area contributed by atoms with Crippen molar-refractivity contribution in [1.82, 2.24) is 20.4 Å². The second kappa shape index (κ2) is 4.96. The molecule has 0 aliphatic carbocycles. The Hall–Kier alpha value is -1.36. The lowest BCUT2D eigenvalue weighted by Crippen LogP contribution is -2.47. The summed E-state index contributed by atoms with van der Waals surface area (Å²) in [5, 5.41) is 10.2. The third-order valence-corrected chi connectivity index (χ3v) is 4.84. The van der Waals surface area contributed by atoms with Crippen LogP contribution < -0.4 is 5.32 Å². The average Bonchev–Trinajstić information content (AvgIpc) is 2.86. The molecule has 3 heterocycles. The van der Waals surface area contributed by atoms with Crippen LogP contribution in [0.15, 0.2) is 6.20 Å². The fraction of sp³-hybridized carbons (Fsp3) is 0.714. The molecule has 2 N–H and O–H groups in total. The number of rotatable bonds is 1. The highest BCUT2D eigenvalue weighted by atomic mass is 16.2. The van der Waals surface area contributed by atoms with Crippen LogP contribution in [0.1, 0.15) is 41.7 Å². The SMILES string of the molecule is Cc1[nH]ncc1C(=O)N1CCC2(CCNCC2)CC1. The maximum Gasteiger partial charge on any atom is 0.257 e. The Morgan fingerprint density at radius 1 is 1.26 bits per heavy atom. The van der Waals surface area contributed by atoms with Crippen molar-refractivity contribution in [2.45, 2.75) is 32.6 Å². The third kappa shape index (κ3) is 2.39. The first-order chi connectivity index (χ1) is 9.20. The monoisotopic (exact) mass is 262 g/mol. The van der Waals surface area contributed by atoms with Gasteiger partial charge in [-0.15, -0.1) is 0 Å². The molecule has 19 heavy (non-hydrogen) atoms. The predicted octanol–water partition coefficient (Wildman–Crippen LogP) is 1.32. The van der Waals surface area contributed by atoms with E-state index in [-0.39, 0.29) is 5.91 Å². The van der Waals surface area contributed by atoms with Gasteiger partial charge in [-0.3, -0.25) is 9.89 Å². The van der Waals surface area contributed by atoms with Gasteiger partial charge < -0.3 is 10.2 Å². The summed E-state index contributed by atoms with van der Waals surface area (Å²) < 4.78 is 0. The zero-order valence-electron chi connectivity index (χ0n) is 11.5. The first kappa shape index (κ1) is 12.7. The van der Waals surface area contributed by atoms with Gasteiger partial charge in [-0.2, -0.15) is 5.10 Å². The van der Waals surface area contributed by atoms with Gasteiger partial charge in [-0.1, -0.05) is 0 Å². The number of hydrogen-bond acceptors (Lipinski definition) is 3. The van der Waals surface area contributed by atoms with Gasteiger partial charge in [0, 0.05) is 18.8 Å². The average molecular weight is 262 g/mol. The van der Waals surface area contributed by atoms with Gasteiger partial charge in [-0.05, 0) is 51.1 Å². The van der Waals surface area contributed by atoms with Crippen molar-refractivity contribution in [3.63, 3.8) is 0 Å². The molecule has 2 fully saturated rings. The maximum atomic E-state index is 12.4. The summed E-state index contributed by atoms with van der Waals surface area (Å²) in [4.78, 5) is 14.4. The van der Waals surface area contributed by atoms with E-state index in [1.165, 1.54) is 12.8 Å². The summed E-state index contributed by atoms with van der Waals surface area (Å²) >= 11 is 0. The van der Waals surface area contributed by atoms with Gasteiger partial charge in [0.1, 0.15) is 0 Å². The van der Waals surface area contributed by atoms with Crippen LogP contribution in [0, 0.1) is 12.3 Å². The zero-order valence-corrected chi connectivity index (χ0v) is 11.5. The summed E-state index contributed by atoms with van der Waals surface area (Å²) in [6.07, 6.45) is 6.47. The molecule has 0 saturated carbocycles. The Kier molecular flexibility index (Phi) is 3.31. The molecule has 0 aromatic carbocycles. The highest BCUT2D eigenvalue weighted by Gasteiger charge is 2.37. The van der Waals surface area contributed by atoms with Gasteiger partial charge in [0.05, 0.1) is 11.8 Å². The first-order valence-electron chi connectivity index (χ1n) is 7.20. The number of hydrogen-bond donors (Lipinski definition) is 2. The Morgan fingerprint density at radius 3 is 2.53 bits per heavy atom. The number of carbonyl (C=O) groups excluding carboxylic acids is 1. The molecule has 104 valence electrons. The van der Waals surface area contributed by atoms with E-state index in [0.29, 0.717) is 5.41 Å². The molecule has 5 nitrogen and oxygen atoms in total. The number of amides is 1. The van der Waals surface area contributed by atoms with Gasteiger partial charge in [0.2, 0.25) is 0 Å². The topological polar surface area (TPSA) is 61.0 Å². The van der Waals surface area contributed by atoms with E-state index in [1.54, 1.807) is 6.20 Å². The molecule has 3 rings (SSSR count). The number of likely N-dealkylation sites (tertiary alicyclic amines) is 1. The molecule has 0 atom stereocenters. The van der Waals surface area contributed by atoms with Crippen molar-refractivity contribution < 1.29 is 4.79 Å². The quantitative estimate of drug-likeness (QED) is 0.802. The molecule has 0 bridgehead atoms. The molecule has 2 saturated heterocycles. The maximum absolute atomic E-state index is 12.4. The van der Waals surface area contributed by atoms with Crippen LogP contribution >= 0.6 is 0 Å². The molecule has 0 radical (unpaired) electrons. The summed E-state index contributed by atoms with van der Waals surface area (Å²) in [5.41, 5.74) is 2.08. The van der Waals surface area contributed by atoms with Crippen LogP contribution in [0.2, 0.25) is 0 Å². The molecular weight excluding hydrogens is 240 g/mol. The second-order valence-electron chi connectivity index (χ2n) is 5.95. The van der Waals surface area contributed by atoms with Crippen molar-refractivity contribution in [1.29, 1.82) is 0 Å². The van der Waals surface area contributed by atoms with Crippen LogP contribution in [-0.4, -0.2) is 47.2 Å². The molecule has 1 aromatic rings. The summed E-state index contributed by atoms with van der Waals surface area (Å²) in [6.45, 7) is 5.95. The largest absolute Gasteiger partial charge is 0.339 e. The fourth-order valence-electron chi connectivity index (χ4n) is 3.38. The normalized spacial score (nSPS) is 22.7. The molecule has 2 aliphatic rings. The zero-order chi connectivity index (χ0) is 13.3. The second-order valence-corrected chi connectivity index (χ2v) is 5.95. The van der Waals surface area contributed by atoms with E-state index < -0.39 is 0 Å². The number of piperidine rings is 2. The molecule has 1 aromatic heterocycles. The molecule has 2 aliphatic heterocycles. The molecular formula is C14H22N4O. The minimum Gasteiger partial charge on any atom is -0.339 e. The lowest BCUT2D eigenvalue weighted by molar-refractivity contribution is 0.0495. The van der Waals surface area contributed by atoms with Crippen LogP contribution in [0.5, 0.6) is 0 Å². The molecule has 1 amide bonds. The van der Waals surface area contributed by atoms with Crippen molar-refractivity contribution in [3.8, 4) is 0 Å². The standard InChI is InChI=1S/C14H22N4O/c1-11-12(10-16-17-11)13(19)18-8-4-14(5-9-18)2-6-15-7-3-14/h10,15H,2-9H2,1H3,(H,16,17). The van der Waals surface area contributed by atoms with Gasteiger partial charge >= 0.3 is 0 Å². The Morgan fingerprint density at radius 2 is 1.95 bits per heavy atom. The van der Waals surface area contributed by atoms with Gasteiger partial charge in [0.15, 0.2) is 0 Å². The van der Waals surface area contributed by atoms with E-state index >= 15 is 0 Å². The van der Waals surface area contributed by atoms with Gasteiger partial charge in [0.25, 0.3) is 5.91 Å². The van der Waals surface area contributed by atoms with Crippen molar-refractivity contribution >= 4 is 5.91 Å². The van der Waals surface area contributed by atoms with E-state index in [1.807, 2.05) is 11.8 Å². The number of aromatic nitrogens is 2. The van der Waals surface area contributed by atoms with E-state index in [4.69, 9.17) is 0 Å². The summed E-state index contributed by atoms with van der Waals surface area (Å²) in [7, 11) is 0. The summed E-state index contributed by atoms with van der Waals surface area (Å²) in [5.74, 6) is 0.134. The van der Waals surface area contributed by atoms with Crippen LogP contribution in [0.25, 0.3) is 0 Å². The highest BCUT2D eigenvalue weighted by molar-refractivity contribution is 5.95. The lowest BCUT2D eigenvalue weighted by Gasteiger charge is -2.44. The predicted molar refractivity (Wildman–Crippen MR) is 73.0 cm³/mol. The van der Waals surface area contributed by atoms with Crippen LogP contribution in [-0.2, 0) is 0 Å². The lowest BCUT2D eigenvalue weighted by atomic mass is 9.71. The van der Waals surface area contributed by atoms with Crippen molar-refractivity contribution in [2.75, 3.05) is 26.2 Å². The number of nitrogens with zero attached hydrogens (tertiary/aromatic N) is 2. The van der Waals surface area contributed by atoms with Crippen LogP contribution in [0.4, 0.5) is 0 Å². The Labute approximate surface area is 113 Å². The number of nitrogens with one attached hydrogen (secondary N) is 2. The number of aromatic amines is 1. The van der Waals surface area contributed by atoms with Crippen LogP contribution in [0.3, 0.4) is 0 Å². The van der Waals surface area contributed by atoms with E-state index in [2.05, 4.69) is 15.5 Å². The number of H-pyrrole nitrogens is 1. The first-order valence-corrected chi connectivity index (χ1v) is 7.20. The Balaban J connectivity index is 1.64. The fourth-order valence-corrected chi connectivity index (χ4v) is 3.38. The molecule has 0 unspecified atom stereocenters. The smallest absolute Gasteiger partial charge is 0.257 e. The van der Waals surface area contributed by atoms with E-state index in [9.17, 15) is 4.79 Å².